The van der Waals surface area contributed by atoms with Crippen LogP contribution in [0, 0.1) is 69.8 Å². The molecule has 0 aliphatic carbocycles. The average Bonchev–Trinajstić information content (AvgIpc) is 0.760. The fourth-order valence-corrected chi connectivity index (χ4v) is 18.2. The van der Waals surface area contributed by atoms with Gasteiger partial charge in [-0.15, -0.1) is 35.3 Å². The van der Waals surface area contributed by atoms with Gasteiger partial charge in [-0.3, -0.25) is 0 Å². The fraction of sp³-hybridized carbons (Fsp3) is 0.0370. The maximum absolute atomic E-state index is 17.8. The zero-order valence-electron chi connectivity index (χ0n) is 55.0. The normalized spacial score (nSPS) is 13.8. The summed E-state index contributed by atoms with van der Waals surface area (Å²) in [6.45, 7) is -3.23. The van der Waals surface area contributed by atoms with Crippen molar-refractivity contribution in [3.8, 4) is 0 Å². The van der Waals surface area contributed by atoms with E-state index in [1.165, 1.54) is 101 Å². The highest BCUT2D eigenvalue weighted by atomic mass is 32.2. The van der Waals surface area contributed by atoms with Crippen LogP contribution in [0.25, 0.3) is 0 Å². The molecule has 0 N–H and O–H groups in total. The van der Waals surface area contributed by atoms with Gasteiger partial charge in [0.05, 0.1) is 0 Å². The molecule has 6 aliphatic heterocycles. The lowest BCUT2D eigenvalue weighted by Crippen LogP contribution is -2.67. The largest absolute Gasteiger partial charge is 0.306 e. The summed E-state index contributed by atoms with van der Waals surface area (Å²) in [4.78, 5) is 9.84. The number of para-hydroxylation sites is 8. The Morgan fingerprint density at radius 3 is 0.600 bits per heavy atom. The van der Waals surface area contributed by atoms with Gasteiger partial charge in [-0.2, -0.15) is 0 Å². The van der Waals surface area contributed by atoms with Crippen LogP contribution < -0.4 is 78.6 Å². The highest BCUT2D eigenvalue weighted by molar-refractivity contribution is 7.99. The molecule has 0 radical (unpaired) electrons. The fourth-order valence-electron chi connectivity index (χ4n) is 16.8. The van der Waals surface area contributed by atoms with E-state index in [2.05, 4.69) is 0 Å². The molecule has 0 saturated heterocycles. The Labute approximate surface area is 607 Å². The van der Waals surface area contributed by atoms with Crippen molar-refractivity contribution in [3.63, 3.8) is 0 Å². The van der Waals surface area contributed by atoms with Crippen molar-refractivity contribution in [1.29, 1.82) is 0 Å². The summed E-state index contributed by atoms with van der Waals surface area (Å²) >= 11 is 3.72. The smallest absolute Gasteiger partial charge is 0.252 e. The molecule has 13 aromatic rings. The van der Waals surface area contributed by atoms with Gasteiger partial charge in [0.15, 0.2) is 0 Å². The summed E-state index contributed by atoms with van der Waals surface area (Å²) in [6.07, 6.45) is 5.29. The van der Waals surface area contributed by atoms with Crippen molar-refractivity contribution in [1.82, 2.24) is 0 Å². The van der Waals surface area contributed by atoms with E-state index in [0.717, 1.165) is 72.8 Å². The summed E-state index contributed by atoms with van der Waals surface area (Å²) in [5.41, 5.74) is 1.81. The number of rotatable bonds is 9. The second-order valence-electron chi connectivity index (χ2n) is 26.0. The van der Waals surface area contributed by atoms with Gasteiger partial charge in [0.25, 0.3) is 20.1 Å². The summed E-state index contributed by atoms with van der Waals surface area (Å²) in [5.74, 6) is -12.0. The molecule has 6 aliphatic rings. The Balaban J connectivity index is 0.985. The highest BCUT2D eigenvalue weighted by Gasteiger charge is 2.53. The van der Waals surface area contributed by atoms with Crippen LogP contribution in [0.1, 0.15) is 0 Å². The van der Waals surface area contributed by atoms with Crippen molar-refractivity contribution in [2.24, 2.45) is 0 Å². The minimum atomic E-state index is -1.23. The minimum absolute atomic E-state index is 0.0529. The number of thioether (sulfide) groups is 3. The van der Waals surface area contributed by atoms with Crippen molar-refractivity contribution in [2.75, 3.05) is 48.2 Å². The zero-order chi connectivity index (χ0) is 72.0. The van der Waals surface area contributed by atoms with Crippen LogP contribution >= 0.6 is 35.3 Å². The minimum Gasteiger partial charge on any atom is -0.306 e. The first-order chi connectivity index (χ1) is 51.0. The predicted molar refractivity (Wildman–Crippen MR) is 403 cm³/mol. The number of nitrogens with zero attached hydrogens (tertiary/aromatic N) is 6. The third kappa shape index (κ3) is 9.24. The molecule has 13 aromatic carbocycles. The van der Waals surface area contributed by atoms with Crippen molar-refractivity contribution < 1.29 is 52.7 Å². The Morgan fingerprint density at radius 1 is 0.200 bits per heavy atom. The summed E-state index contributed by atoms with van der Waals surface area (Å²) < 4.78 is 209. The van der Waals surface area contributed by atoms with E-state index in [-0.39, 0.29) is 73.3 Å². The van der Waals surface area contributed by atoms with Gasteiger partial charge in [0, 0.05) is 82.9 Å². The van der Waals surface area contributed by atoms with Crippen LogP contribution in [-0.4, -0.2) is 38.9 Å². The van der Waals surface area contributed by atoms with Gasteiger partial charge >= 0.3 is 0 Å². The summed E-state index contributed by atoms with van der Waals surface area (Å²) in [5, 5.41) is 0. The molecule has 0 aromatic heterocycles. The van der Waals surface area contributed by atoms with Gasteiger partial charge < -0.3 is 29.4 Å². The highest BCUT2D eigenvalue weighted by Crippen LogP contribution is 2.55. The second-order valence-corrected chi connectivity index (χ2v) is 28.7. The van der Waals surface area contributed by atoms with Gasteiger partial charge in [0.1, 0.15) is 104 Å². The molecule has 0 unspecified atom stereocenters. The number of anilines is 18. The van der Waals surface area contributed by atoms with Crippen LogP contribution in [0.2, 0.25) is 0 Å². The average molecular weight is 1460 g/mol. The third-order valence-electron chi connectivity index (χ3n) is 20.9. The summed E-state index contributed by atoms with van der Waals surface area (Å²) in [7, 11) is 0. The van der Waals surface area contributed by atoms with Crippen molar-refractivity contribution in [2.45, 2.75) is 14.7 Å². The molecule has 0 fully saturated rings. The third-order valence-corrected chi connectivity index (χ3v) is 23.0. The first-order valence-electron chi connectivity index (χ1n) is 33.1. The molecule has 6 heterocycles. The number of hydrogen-bond donors (Lipinski definition) is 0. The van der Waals surface area contributed by atoms with Gasteiger partial charge in [-0.25, -0.2) is 52.7 Å². The van der Waals surface area contributed by atoms with Crippen molar-refractivity contribution >= 4 is 207 Å². The van der Waals surface area contributed by atoms with E-state index < -0.39 is 124 Å². The molecular weight excluding hydrogens is 1410 g/mol. The Hall–Kier alpha value is -10.9. The lowest BCUT2D eigenvalue weighted by atomic mass is 9.29. The van der Waals surface area contributed by atoms with Gasteiger partial charge in [-0.05, 0) is 201 Å². The maximum Gasteiger partial charge on any atom is 0.252 e. The molecule has 0 atom stereocenters. The molecular formula is C81H45B3F12N6S3. The molecule has 6 nitrogen and oxygen atoms in total. The molecule has 0 spiro atoms. The monoisotopic (exact) mass is 1460 g/mol. The Kier molecular flexibility index (Phi) is 14.9. The van der Waals surface area contributed by atoms with Crippen LogP contribution in [0.4, 0.5) is 155 Å². The second kappa shape index (κ2) is 24.1. The van der Waals surface area contributed by atoms with E-state index in [1.807, 2.05) is 0 Å². The van der Waals surface area contributed by atoms with E-state index in [1.54, 1.807) is 128 Å². The predicted octanol–water partition coefficient (Wildman–Crippen LogP) is 17.8. The van der Waals surface area contributed by atoms with Gasteiger partial charge in [-0.1, -0.05) is 84.9 Å². The zero-order valence-corrected chi connectivity index (χ0v) is 57.4. The standard InChI is InChI=1S/C81H45B3F12N6S3/c1-103-40-30-67-73-69(32-40)99(78-53(89)20-10-21-54(78)90)63-38-65-47(36-45(63)82(73)43-14-4-6-28-61(43)97(67)76-49(85)16-8-17-50(76)86)84-48-37-46-64(39-66(48)102(81-59(95)26-13-27-60(81)96)72-35-42(105-3)34-71(75(72)84)101(65)80-57(93)24-12-25-58(80)94)100(79-55(91)22-11-23-56(79)92)70-33-41(104-2)31-68-74(70)83(46)44-15-5-7-29-62(44)98(68)77-51(87)18-9-19-52(77)88/h4-39H,1-3H3. The molecule has 24 heteroatoms. The molecule has 105 heavy (non-hydrogen) atoms. The van der Waals surface area contributed by atoms with Crippen LogP contribution in [0.5, 0.6) is 0 Å². The van der Waals surface area contributed by atoms with Crippen molar-refractivity contribution in [3.05, 3.63) is 288 Å². The number of hydrogen-bond acceptors (Lipinski definition) is 9. The SMILES string of the molecule is CSc1cc2c3c(c1)N(c1c(F)cccc1F)c1cc4c(cc1B3c1ccccc1N2c1c(F)cccc1F)B1c2cc3c(cc2N(c2c(F)cccc2F)c2cc(SC)cc(c21)N4c1c(F)cccc1F)N(c1c(F)cccc1F)c1cc(SC)cc2c1B3c1ccccc1N2c1c(F)cccc1F. The molecule has 19 rings (SSSR count). The first-order valence-corrected chi connectivity index (χ1v) is 36.8. The molecule has 510 valence electrons. The Morgan fingerprint density at radius 2 is 0.390 bits per heavy atom. The molecule has 0 bridgehead atoms. The number of halogens is 12. The Bertz CT molecular complexity index is 5540. The quantitative estimate of drug-likeness (QED) is 0.0793. The van der Waals surface area contributed by atoms with E-state index >= 15 is 52.7 Å². The van der Waals surface area contributed by atoms with Crippen LogP contribution in [-0.2, 0) is 0 Å². The first kappa shape index (κ1) is 64.9. The van der Waals surface area contributed by atoms with E-state index in [0.29, 0.717) is 58.8 Å². The van der Waals surface area contributed by atoms with E-state index in [9.17, 15) is 0 Å². The molecule has 0 saturated carbocycles. The lowest BCUT2D eigenvalue weighted by molar-refractivity contribution is 0.584. The van der Waals surface area contributed by atoms with Crippen LogP contribution in [0.15, 0.2) is 233 Å². The summed E-state index contributed by atoms with van der Waals surface area (Å²) in [6, 6.07) is 51.5. The van der Waals surface area contributed by atoms with E-state index in [4.69, 9.17) is 0 Å². The van der Waals surface area contributed by atoms with Crippen LogP contribution in [0.3, 0.4) is 0 Å². The lowest BCUT2D eigenvalue weighted by Gasteiger charge is -2.48. The number of fused-ring (bicyclic) bond motifs is 12. The number of benzene rings is 13. The van der Waals surface area contributed by atoms with Gasteiger partial charge in [0.2, 0.25) is 0 Å². The molecule has 0 amide bonds. The topological polar surface area (TPSA) is 19.4 Å². The maximum atomic E-state index is 17.8.